The molecule has 2 rings (SSSR count). The SMILES string of the molecule is Nc1ccc(Cl)c(Oc2cccc(Cl)c2)c1. The number of hydrogen-bond acceptors (Lipinski definition) is 2. The second-order valence-electron chi connectivity index (χ2n) is 3.25. The van der Waals surface area contributed by atoms with Gasteiger partial charge in [0.2, 0.25) is 0 Å². The molecule has 0 spiro atoms. The quantitative estimate of drug-likeness (QED) is 0.807. The van der Waals surface area contributed by atoms with E-state index in [2.05, 4.69) is 0 Å². The zero-order valence-electron chi connectivity index (χ0n) is 8.28. The minimum Gasteiger partial charge on any atom is -0.456 e. The van der Waals surface area contributed by atoms with Gasteiger partial charge in [0.15, 0.2) is 0 Å². The maximum atomic E-state index is 5.97. The van der Waals surface area contributed by atoms with Crippen molar-refractivity contribution in [1.29, 1.82) is 0 Å². The fourth-order valence-electron chi connectivity index (χ4n) is 1.26. The standard InChI is InChI=1S/C12H9Cl2NO/c13-8-2-1-3-10(6-8)16-12-7-9(15)4-5-11(12)14/h1-7H,15H2. The first-order valence-electron chi connectivity index (χ1n) is 4.63. The van der Waals surface area contributed by atoms with E-state index in [1.54, 1.807) is 42.5 Å². The zero-order valence-corrected chi connectivity index (χ0v) is 9.79. The van der Waals surface area contributed by atoms with Crippen LogP contribution in [0.3, 0.4) is 0 Å². The smallest absolute Gasteiger partial charge is 0.148 e. The largest absolute Gasteiger partial charge is 0.456 e. The Balaban J connectivity index is 2.30. The molecule has 0 amide bonds. The van der Waals surface area contributed by atoms with Crippen LogP contribution < -0.4 is 10.5 Å². The fourth-order valence-corrected chi connectivity index (χ4v) is 1.59. The molecule has 0 fully saturated rings. The molecule has 0 radical (unpaired) electrons. The Hall–Kier alpha value is -1.38. The van der Waals surface area contributed by atoms with Gasteiger partial charge in [-0.2, -0.15) is 0 Å². The molecule has 0 unspecified atom stereocenters. The molecule has 0 aliphatic rings. The molecule has 0 aliphatic heterocycles. The van der Waals surface area contributed by atoms with Crippen LogP contribution >= 0.6 is 23.2 Å². The van der Waals surface area contributed by atoms with E-state index in [0.29, 0.717) is 27.2 Å². The van der Waals surface area contributed by atoms with Gasteiger partial charge in [-0.25, -0.2) is 0 Å². The summed E-state index contributed by atoms with van der Waals surface area (Å²) >= 11 is 11.8. The summed E-state index contributed by atoms with van der Waals surface area (Å²) in [6.07, 6.45) is 0. The van der Waals surface area contributed by atoms with Gasteiger partial charge in [-0.3, -0.25) is 0 Å². The van der Waals surface area contributed by atoms with Crippen molar-refractivity contribution in [3.63, 3.8) is 0 Å². The van der Waals surface area contributed by atoms with Gasteiger partial charge < -0.3 is 10.5 Å². The molecule has 0 bridgehead atoms. The van der Waals surface area contributed by atoms with Gasteiger partial charge in [0.1, 0.15) is 11.5 Å². The molecular weight excluding hydrogens is 245 g/mol. The van der Waals surface area contributed by atoms with Gasteiger partial charge in [-0.05, 0) is 30.3 Å². The summed E-state index contributed by atoms with van der Waals surface area (Å²) in [6.45, 7) is 0. The minimum atomic E-state index is 0.508. The molecular formula is C12H9Cl2NO. The maximum Gasteiger partial charge on any atom is 0.148 e. The summed E-state index contributed by atoms with van der Waals surface area (Å²) in [7, 11) is 0. The lowest BCUT2D eigenvalue weighted by molar-refractivity contribution is 0.483. The third-order valence-corrected chi connectivity index (χ3v) is 2.53. The number of rotatable bonds is 2. The molecule has 82 valence electrons. The summed E-state index contributed by atoms with van der Waals surface area (Å²) in [5.41, 5.74) is 6.24. The maximum absolute atomic E-state index is 5.97. The van der Waals surface area contributed by atoms with Crippen LogP contribution in [0, 0.1) is 0 Å². The minimum absolute atomic E-state index is 0.508. The van der Waals surface area contributed by atoms with E-state index < -0.39 is 0 Å². The third kappa shape index (κ3) is 2.60. The molecule has 0 saturated carbocycles. The molecule has 0 saturated heterocycles. The van der Waals surface area contributed by atoms with Crippen LogP contribution in [-0.2, 0) is 0 Å². The Kier molecular flexibility index (Phi) is 3.22. The highest BCUT2D eigenvalue weighted by Crippen LogP contribution is 2.31. The lowest BCUT2D eigenvalue weighted by Gasteiger charge is -2.08. The predicted molar refractivity (Wildman–Crippen MR) is 67.4 cm³/mol. The van der Waals surface area contributed by atoms with E-state index in [1.807, 2.05) is 0 Å². The van der Waals surface area contributed by atoms with Crippen LogP contribution in [0.25, 0.3) is 0 Å². The number of halogens is 2. The van der Waals surface area contributed by atoms with Gasteiger partial charge in [-0.15, -0.1) is 0 Å². The molecule has 4 heteroatoms. The van der Waals surface area contributed by atoms with Crippen molar-refractivity contribution < 1.29 is 4.74 Å². The fraction of sp³-hybridized carbons (Fsp3) is 0. The first-order chi connectivity index (χ1) is 7.65. The van der Waals surface area contributed by atoms with Crippen molar-refractivity contribution in [2.75, 3.05) is 5.73 Å². The van der Waals surface area contributed by atoms with Crippen LogP contribution in [0.2, 0.25) is 10.0 Å². The van der Waals surface area contributed by atoms with E-state index in [0.717, 1.165) is 0 Å². The predicted octanol–water partition coefficient (Wildman–Crippen LogP) is 4.37. The molecule has 2 N–H and O–H groups in total. The second kappa shape index (κ2) is 4.64. The molecule has 0 atom stereocenters. The first kappa shape index (κ1) is 11.1. The molecule has 0 aromatic heterocycles. The highest BCUT2D eigenvalue weighted by Gasteiger charge is 2.03. The van der Waals surface area contributed by atoms with Gasteiger partial charge >= 0.3 is 0 Å². The normalized spacial score (nSPS) is 10.1. The van der Waals surface area contributed by atoms with Crippen LogP contribution in [0.15, 0.2) is 42.5 Å². The Morgan fingerprint density at radius 3 is 2.56 bits per heavy atom. The van der Waals surface area contributed by atoms with Gasteiger partial charge in [0.05, 0.1) is 5.02 Å². The number of benzene rings is 2. The van der Waals surface area contributed by atoms with Crippen molar-refractivity contribution in [3.05, 3.63) is 52.5 Å². The summed E-state index contributed by atoms with van der Waals surface area (Å²) < 4.78 is 5.57. The van der Waals surface area contributed by atoms with E-state index in [-0.39, 0.29) is 0 Å². The zero-order chi connectivity index (χ0) is 11.5. The molecule has 0 aliphatic carbocycles. The third-order valence-electron chi connectivity index (χ3n) is 1.98. The van der Waals surface area contributed by atoms with Gasteiger partial charge in [0, 0.05) is 16.8 Å². The van der Waals surface area contributed by atoms with Crippen molar-refractivity contribution in [1.82, 2.24) is 0 Å². The van der Waals surface area contributed by atoms with Gasteiger partial charge in [-0.1, -0.05) is 29.3 Å². The molecule has 16 heavy (non-hydrogen) atoms. The van der Waals surface area contributed by atoms with Crippen LogP contribution in [0.5, 0.6) is 11.5 Å². The lowest BCUT2D eigenvalue weighted by atomic mass is 10.3. The number of nitrogens with two attached hydrogens (primary N) is 1. The highest BCUT2D eigenvalue weighted by atomic mass is 35.5. The Bertz CT molecular complexity index is 514. The van der Waals surface area contributed by atoms with E-state index in [1.165, 1.54) is 0 Å². The average Bonchev–Trinajstić information content (AvgIpc) is 2.24. The second-order valence-corrected chi connectivity index (χ2v) is 4.09. The summed E-state index contributed by atoms with van der Waals surface area (Å²) in [6, 6.07) is 12.2. The molecule has 0 heterocycles. The van der Waals surface area contributed by atoms with Crippen molar-refractivity contribution >= 4 is 28.9 Å². The average molecular weight is 254 g/mol. The Morgan fingerprint density at radius 2 is 1.81 bits per heavy atom. The summed E-state index contributed by atoms with van der Waals surface area (Å²) in [5.74, 6) is 1.14. The van der Waals surface area contributed by atoms with E-state index >= 15 is 0 Å². The summed E-state index contributed by atoms with van der Waals surface area (Å²) in [5, 5.41) is 1.12. The van der Waals surface area contributed by atoms with Crippen LogP contribution in [-0.4, -0.2) is 0 Å². The molecule has 2 aromatic carbocycles. The van der Waals surface area contributed by atoms with Crippen molar-refractivity contribution in [2.24, 2.45) is 0 Å². The number of nitrogen functional groups attached to an aromatic ring is 1. The summed E-state index contributed by atoms with van der Waals surface area (Å²) in [4.78, 5) is 0. The molecule has 2 nitrogen and oxygen atoms in total. The lowest BCUT2D eigenvalue weighted by Crippen LogP contribution is -1.88. The van der Waals surface area contributed by atoms with Crippen molar-refractivity contribution in [3.8, 4) is 11.5 Å². The highest BCUT2D eigenvalue weighted by molar-refractivity contribution is 6.32. The van der Waals surface area contributed by atoms with E-state index in [4.69, 9.17) is 33.7 Å². The first-order valence-corrected chi connectivity index (χ1v) is 5.39. The van der Waals surface area contributed by atoms with Crippen molar-refractivity contribution in [2.45, 2.75) is 0 Å². The number of ether oxygens (including phenoxy) is 1. The topological polar surface area (TPSA) is 35.2 Å². The van der Waals surface area contributed by atoms with Crippen LogP contribution in [0.1, 0.15) is 0 Å². The van der Waals surface area contributed by atoms with Gasteiger partial charge in [0.25, 0.3) is 0 Å². The van der Waals surface area contributed by atoms with Crippen LogP contribution in [0.4, 0.5) is 5.69 Å². The van der Waals surface area contributed by atoms with E-state index in [9.17, 15) is 0 Å². The number of anilines is 1. The Morgan fingerprint density at radius 1 is 1.00 bits per heavy atom. The Labute approximate surface area is 104 Å². The number of hydrogen-bond donors (Lipinski definition) is 1. The molecule has 2 aromatic rings. The monoisotopic (exact) mass is 253 g/mol.